The Labute approximate surface area is 123 Å². The summed E-state index contributed by atoms with van der Waals surface area (Å²) in [6.45, 7) is -0.0377. The minimum atomic E-state index is -3.46. The molecule has 128 valence electrons. The molecule has 10 nitrogen and oxygen atoms in total. The number of alkyl halides is 1. The van der Waals surface area contributed by atoms with Gasteiger partial charge >= 0.3 is 5.97 Å². The summed E-state index contributed by atoms with van der Waals surface area (Å²) in [5.41, 5.74) is 0. The monoisotopic (exact) mass is 327 g/mol. The molecule has 0 spiro atoms. The number of carbonyl (C=O) groups excluding carboxylic acids is 1. The molecule has 1 rings (SSSR count). The number of carboxylic acid groups (broad SMARTS) is 1. The highest BCUT2D eigenvalue weighted by atomic mass is 19.2. The van der Waals surface area contributed by atoms with Crippen molar-refractivity contribution in [3.63, 3.8) is 0 Å². The number of aliphatic hydroxyl groups excluding tert-OH is 3. The summed E-state index contributed by atoms with van der Waals surface area (Å²) < 4.78 is 19.0. The molecule has 0 radical (unpaired) electrons. The van der Waals surface area contributed by atoms with Gasteiger partial charge in [-0.1, -0.05) is 0 Å². The van der Waals surface area contributed by atoms with Gasteiger partial charge in [0.25, 0.3) is 5.79 Å². The van der Waals surface area contributed by atoms with Crippen LogP contribution in [0.15, 0.2) is 0 Å². The van der Waals surface area contributed by atoms with Crippen molar-refractivity contribution >= 4 is 11.9 Å². The second-order valence-electron chi connectivity index (χ2n) is 5.09. The summed E-state index contributed by atoms with van der Waals surface area (Å²) in [5.74, 6) is -9.54. The van der Waals surface area contributed by atoms with E-state index in [9.17, 15) is 34.4 Å². The topological polar surface area (TPSA) is 177 Å². The van der Waals surface area contributed by atoms with Gasteiger partial charge in [-0.2, -0.15) is 0 Å². The average Bonchev–Trinajstić information content (AvgIpc) is 2.38. The molecule has 7 N–H and O–H groups in total. The minimum absolute atomic E-state index is 0.846. The molecular weight excluding hydrogens is 309 g/mol. The van der Waals surface area contributed by atoms with E-state index in [1.165, 1.54) is 0 Å². The third-order valence-electron chi connectivity index (χ3n) is 3.23. The van der Waals surface area contributed by atoms with E-state index in [1.54, 1.807) is 0 Å². The Bertz CT molecular complexity index is 445. The van der Waals surface area contributed by atoms with Crippen molar-refractivity contribution in [3.05, 3.63) is 0 Å². The van der Waals surface area contributed by atoms with Crippen LogP contribution in [-0.2, 0) is 14.3 Å². The lowest BCUT2D eigenvalue weighted by molar-refractivity contribution is -0.334. The van der Waals surface area contributed by atoms with Crippen molar-refractivity contribution in [2.75, 3.05) is 6.61 Å². The highest BCUT2D eigenvalue weighted by Gasteiger charge is 2.61. The van der Waals surface area contributed by atoms with Crippen LogP contribution in [-0.4, -0.2) is 85.1 Å². The molecule has 0 aliphatic carbocycles. The lowest BCUT2D eigenvalue weighted by Crippen LogP contribution is -2.71. The van der Waals surface area contributed by atoms with Crippen molar-refractivity contribution < 1.29 is 49.4 Å². The van der Waals surface area contributed by atoms with Gasteiger partial charge in [-0.25, -0.2) is 9.18 Å². The van der Waals surface area contributed by atoms with Gasteiger partial charge < -0.3 is 40.7 Å². The van der Waals surface area contributed by atoms with Gasteiger partial charge in [-0.15, -0.1) is 0 Å². The number of aliphatic hydroxyl groups is 5. The number of hydrogen-bond donors (Lipinski definition) is 7. The third kappa shape index (κ3) is 3.69. The van der Waals surface area contributed by atoms with Gasteiger partial charge in [0, 0.05) is 6.92 Å². The molecule has 0 aromatic heterocycles. The molecule has 22 heavy (non-hydrogen) atoms. The van der Waals surface area contributed by atoms with Crippen LogP contribution in [0.25, 0.3) is 0 Å². The second-order valence-corrected chi connectivity index (χ2v) is 5.09. The van der Waals surface area contributed by atoms with E-state index in [4.69, 9.17) is 10.2 Å². The van der Waals surface area contributed by atoms with Crippen molar-refractivity contribution in [3.8, 4) is 0 Å². The zero-order valence-corrected chi connectivity index (χ0v) is 11.5. The minimum Gasteiger partial charge on any atom is -0.477 e. The number of carbonyl (C=O) groups is 2. The highest BCUT2D eigenvalue weighted by Crippen LogP contribution is 2.37. The average molecular weight is 327 g/mol. The first kappa shape index (κ1) is 18.7. The first-order valence-electron chi connectivity index (χ1n) is 6.23. The number of nitrogens with one attached hydrogen (secondary N) is 1. The number of hydrogen-bond acceptors (Lipinski definition) is 8. The summed E-state index contributed by atoms with van der Waals surface area (Å²) in [4.78, 5) is 22.1. The van der Waals surface area contributed by atoms with Crippen LogP contribution in [0, 0.1) is 0 Å². The molecule has 1 aliphatic rings. The molecular formula is C11H18FNO9. The fraction of sp³-hybridized carbons (Fsp3) is 0.818. The van der Waals surface area contributed by atoms with Crippen LogP contribution in [0.2, 0.25) is 0 Å². The standard InChI is InChI=1S/C11H18FNO9/c1-4(15)13-8-7(6(17)5(16)2-14)22-11(21,9(18)19)3-10(8,12)20/h5-8,14,16-17,20-21H,2-3H2,1H3,(H,13,15)(H,18,19)/t5-,6-,7+,8+,10+,11?/m1/s1. The molecule has 1 amide bonds. The fourth-order valence-electron chi connectivity index (χ4n) is 2.16. The van der Waals surface area contributed by atoms with Crippen molar-refractivity contribution in [2.45, 2.75) is 49.3 Å². The van der Waals surface area contributed by atoms with E-state index in [1.807, 2.05) is 5.32 Å². The van der Waals surface area contributed by atoms with Crippen LogP contribution in [0.4, 0.5) is 4.39 Å². The Morgan fingerprint density at radius 1 is 1.41 bits per heavy atom. The largest absolute Gasteiger partial charge is 0.477 e. The van der Waals surface area contributed by atoms with Gasteiger partial charge in [0.15, 0.2) is 0 Å². The molecule has 0 bridgehead atoms. The first-order chi connectivity index (χ1) is 9.94. The molecule has 6 atom stereocenters. The lowest BCUT2D eigenvalue weighted by atomic mass is 9.87. The Morgan fingerprint density at radius 2 is 1.95 bits per heavy atom. The SMILES string of the molecule is CC(=O)N[C@H]1[C@H]([C@H](O)[C@H](O)CO)OC(O)(C(=O)O)C[C@@]1(O)F. The van der Waals surface area contributed by atoms with Gasteiger partial charge in [-0.3, -0.25) is 4.79 Å². The van der Waals surface area contributed by atoms with Crippen LogP contribution >= 0.6 is 0 Å². The number of amides is 1. The van der Waals surface area contributed by atoms with Gasteiger partial charge in [-0.05, 0) is 0 Å². The quantitative estimate of drug-likeness (QED) is 0.269. The van der Waals surface area contributed by atoms with E-state index >= 15 is 0 Å². The number of halogens is 1. The lowest BCUT2D eigenvalue weighted by Gasteiger charge is -2.47. The predicted octanol–water partition coefficient (Wildman–Crippen LogP) is -3.57. The zero-order valence-electron chi connectivity index (χ0n) is 11.5. The van der Waals surface area contributed by atoms with Crippen LogP contribution in [0.5, 0.6) is 0 Å². The summed E-state index contributed by atoms with van der Waals surface area (Å²) in [6, 6.07) is -1.99. The van der Waals surface area contributed by atoms with Gasteiger partial charge in [0.1, 0.15) is 24.4 Å². The smallest absolute Gasteiger partial charge is 0.364 e. The second kappa shape index (κ2) is 6.40. The Hall–Kier alpha value is -1.37. The molecule has 1 saturated heterocycles. The normalized spacial score (nSPS) is 38.1. The zero-order chi connectivity index (χ0) is 17.3. The third-order valence-corrected chi connectivity index (χ3v) is 3.23. The highest BCUT2D eigenvalue weighted by molar-refractivity contribution is 5.76. The molecule has 1 aliphatic heterocycles. The fourth-order valence-corrected chi connectivity index (χ4v) is 2.16. The number of aliphatic carboxylic acids is 1. The maximum absolute atomic E-state index is 14.3. The Morgan fingerprint density at radius 3 is 2.36 bits per heavy atom. The van der Waals surface area contributed by atoms with E-state index in [-0.39, 0.29) is 0 Å². The van der Waals surface area contributed by atoms with Crippen LogP contribution < -0.4 is 5.32 Å². The van der Waals surface area contributed by atoms with Crippen molar-refractivity contribution in [1.82, 2.24) is 5.32 Å². The van der Waals surface area contributed by atoms with E-state index < -0.39 is 60.9 Å². The molecule has 1 fully saturated rings. The summed E-state index contributed by atoms with van der Waals surface area (Å²) in [5, 5.41) is 58.2. The Kier molecular flexibility index (Phi) is 5.43. The molecule has 1 heterocycles. The Balaban J connectivity index is 3.22. The molecule has 0 aromatic rings. The number of ether oxygens (including phenoxy) is 1. The van der Waals surface area contributed by atoms with E-state index in [2.05, 4.69) is 4.74 Å². The number of carboxylic acids is 1. The number of rotatable bonds is 5. The molecule has 1 unspecified atom stereocenters. The maximum atomic E-state index is 14.3. The van der Waals surface area contributed by atoms with E-state index in [0.717, 1.165) is 6.92 Å². The van der Waals surface area contributed by atoms with Gasteiger partial charge in [0.05, 0.1) is 13.0 Å². The molecule has 11 heteroatoms. The van der Waals surface area contributed by atoms with Crippen LogP contribution in [0.1, 0.15) is 13.3 Å². The van der Waals surface area contributed by atoms with Crippen molar-refractivity contribution in [2.24, 2.45) is 0 Å². The summed E-state index contributed by atoms with van der Waals surface area (Å²) in [7, 11) is 0. The maximum Gasteiger partial charge on any atom is 0.364 e. The summed E-state index contributed by atoms with van der Waals surface area (Å²) in [6.07, 6.45) is -7.49. The summed E-state index contributed by atoms with van der Waals surface area (Å²) >= 11 is 0. The van der Waals surface area contributed by atoms with Crippen molar-refractivity contribution in [1.29, 1.82) is 0 Å². The first-order valence-corrected chi connectivity index (χ1v) is 6.23. The van der Waals surface area contributed by atoms with Crippen LogP contribution in [0.3, 0.4) is 0 Å². The molecule has 0 aromatic carbocycles. The predicted molar refractivity (Wildman–Crippen MR) is 64.8 cm³/mol. The molecule has 0 saturated carbocycles. The van der Waals surface area contributed by atoms with E-state index in [0.29, 0.717) is 0 Å². The van der Waals surface area contributed by atoms with Gasteiger partial charge in [0.2, 0.25) is 11.8 Å².